The number of unbranched alkanes of at least 4 members (excludes halogenated alkanes) is 18. The number of likely N-dealkylation sites (tertiary alicyclic amines) is 1. The van der Waals surface area contributed by atoms with E-state index >= 15 is 0 Å². The van der Waals surface area contributed by atoms with Crippen LogP contribution in [-0.2, 0) is 0 Å². The maximum absolute atomic E-state index is 4.66. The molecule has 1 N–H and O–H groups in total. The molecule has 3 nitrogen and oxygen atoms in total. The zero-order valence-corrected chi connectivity index (χ0v) is 36.0. The summed E-state index contributed by atoms with van der Waals surface area (Å²) in [4.78, 5) is 4.91. The van der Waals surface area contributed by atoms with Crippen molar-refractivity contribution in [3.05, 3.63) is 73.3 Å². The van der Waals surface area contributed by atoms with E-state index in [1.54, 1.807) is 0 Å². The zero-order valence-electron chi connectivity index (χ0n) is 36.0. The normalized spacial score (nSPS) is 14.2. The molecule has 1 saturated heterocycles. The Labute approximate surface area is 333 Å². The van der Waals surface area contributed by atoms with Crippen LogP contribution in [0.1, 0.15) is 206 Å². The van der Waals surface area contributed by atoms with Gasteiger partial charge in [-0.25, -0.2) is 0 Å². The third-order valence-corrected chi connectivity index (χ3v) is 11.2. The molecule has 53 heavy (non-hydrogen) atoms. The number of piperidine rings is 1. The molecule has 0 aliphatic carbocycles. The van der Waals surface area contributed by atoms with Gasteiger partial charge in [0.15, 0.2) is 0 Å². The van der Waals surface area contributed by atoms with Crippen molar-refractivity contribution in [2.24, 2.45) is 5.92 Å². The van der Waals surface area contributed by atoms with Gasteiger partial charge in [-0.15, -0.1) is 0 Å². The van der Waals surface area contributed by atoms with E-state index in [1.807, 2.05) is 0 Å². The number of hydrogen-bond acceptors (Lipinski definition) is 3. The lowest BCUT2D eigenvalue weighted by molar-refractivity contribution is 0.225. The third-order valence-electron chi connectivity index (χ3n) is 11.2. The van der Waals surface area contributed by atoms with Gasteiger partial charge in [-0.05, 0) is 122 Å². The molecule has 0 aromatic rings. The standard InChI is InChI=1S/C50H91N3/c1-6-8-10-12-14-16-18-20-22-24-26-28-30-32-34-37-42-50(48(3)52(5)49(4)51-44-41-47-53-45-39-36-40-46-53)43-38-35-33-31-29-27-25-23-21-19-17-15-13-11-9-7-2/h14-17,20-23,50-51H,3-4,6-13,18-19,24-47H2,1-2,5H3/b16-14-,17-15-,22-20-,23-21-. The highest BCUT2D eigenvalue weighted by molar-refractivity contribution is 5.08. The Morgan fingerprint density at radius 3 is 1.42 bits per heavy atom. The average molecular weight is 734 g/mol. The van der Waals surface area contributed by atoms with E-state index in [-0.39, 0.29) is 0 Å². The highest BCUT2D eigenvalue weighted by atomic mass is 15.2. The number of allylic oxidation sites excluding steroid dienone is 9. The Balaban J connectivity index is 2.32. The molecule has 0 unspecified atom stereocenters. The van der Waals surface area contributed by atoms with Crippen LogP contribution in [0.3, 0.4) is 0 Å². The molecule has 1 rings (SSSR count). The lowest BCUT2D eigenvalue weighted by atomic mass is 9.91. The number of rotatable bonds is 38. The van der Waals surface area contributed by atoms with E-state index in [4.69, 9.17) is 0 Å². The van der Waals surface area contributed by atoms with Gasteiger partial charge in [0.05, 0.1) is 5.82 Å². The van der Waals surface area contributed by atoms with Crippen LogP contribution in [0.25, 0.3) is 0 Å². The molecule has 0 aromatic carbocycles. The van der Waals surface area contributed by atoms with Gasteiger partial charge >= 0.3 is 0 Å². The van der Waals surface area contributed by atoms with Gasteiger partial charge in [-0.3, -0.25) is 0 Å². The van der Waals surface area contributed by atoms with Crippen LogP contribution < -0.4 is 5.32 Å². The zero-order chi connectivity index (χ0) is 38.3. The van der Waals surface area contributed by atoms with Crippen molar-refractivity contribution in [2.45, 2.75) is 206 Å². The van der Waals surface area contributed by atoms with Gasteiger partial charge in [-0.1, -0.05) is 172 Å². The maximum atomic E-state index is 4.66. The van der Waals surface area contributed by atoms with E-state index in [1.165, 1.54) is 205 Å². The van der Waals surface area contributed by atoms with Crippen molar-refractivity contribution in [1.29, 1.82) is 0 Å². The Morgan fingerprint density at radius 2 is 0.962 bits per heavy atom. The fraction of sp³-hybridized carbons (Fsp3) is 0.760. The predicted octanol–water partition coefficient (Wildman–Crippen LogP) is 15.4. The number of hydrogen-bond donors (Lipinski definition) is 1. The highest BCUT2D eigenvalue weighted by Gasteiger charge is 2.18. The molecule has 1 aliphatic rings. The summed E-state index contributed by atoms with van der Waals surface area (Å²) >= 11 is 0. The van der Waals surface area contributed by atoms with Crippen LogP contribution in [-0.4, -0.2) is 43.0 Å². The summed E-state index contributed by atoms with van der Waals surface area (Å²) in [6, 6.07) is 0. The maximum Gasteiger partial charge on any atom is 0.0978 e. The molecule has 3 heteroatoms. The smallest absolute Gasteiger partial charge is 0.0978 e. The molecule has 0 radical (unpaired) electrons. The lowest BCUT2D eigenvalue weighted by Gasteiger charge is -2.31. The van der Waals surface area contributed by atoms with Gasteiger partial charge < -0.3 is 15.1 Å². The quantitative estimate of drug-likeness (QED) is 0.0503. The number of nitrogens with zero attached hydrogens (tertiary/aromatic N) is 2. The fourth-order valence-electron chi connectivity index (χ4n) is 7.52. The minimum Gasteiger partial charge on any atom is -0.372 e. The largest absolute Gasteiger partial charge is 0.372 e. The summed E-state index contributed by atoms with van der Waals surface area (Å²) in [6.45, 7) is 18.4. The van der Waals surface area contributed by atoms with Gasteiger partial charge in [0.25, 0.3) is 0 Å². The van der Waals surface area contributed by atoms with Crippen LogP contribution in [0.15, 0.2) is 73.3 Å². The molecule has 1 aliphatic heterocycles. The predicted molar refractivity (Wildman–Crippen MR) is 240 cm³/mol. The van der Waals surface area contributed by atoms with E-state index in [0.29, 0.717) is 5.92 Å². The molecule has 1 heterocycles. The molecule has 0 saturated carbocycles. The van der Waals surface area contributed by atoms with Gasteiger partial charge in [-0.2, -0.15) is 0 Å². The lowest BCUT2D eigenvalue weighted by Crippen LogP contribution is -2.34. The Bertz CT molecular complexity index is 888. The van der Waals surface area contributed by atoms with E-state index in [2.05, 4.69) is 97.8 Å². The van der Waals surface area contributed by atoms with Crippen molar-refractivity contribution in [3.8, 4) is 0 Å². The summed E-state index contributed by atoms with van der Waals surface area (Å²) in [5.41, 5.74) is 1.27. The molecule has 0 bridgehead atoms. The Morgan fingerprint density at radius 1 is 0.547 bits per heavy atom. The summed E-state index contributed by atoms with van der Waals surface area (Å²) in [5.74, 6) is 1.58. The first-order chi connectivity index (χ1) is 26.1. The second-order valence-corrected chi connectivity index (χ2v) is 16.1. The van der Waals surface area contributed by atoms with Crippen LogP contribution in [0.5, 0.6) is 0 Å². The van der Waals surface area contributed by atoms with Gasteiger partial charge in [0.2, 0.25) is 0 Å². The molecule has 0 spiro atoms. The second-order valence-electron chi connectivity index (χ2n) is 16.1. The van der Waals surface area contributed by atoms with E-state index in [9.17, 15) is 0 Å². The first-order valence-corrected chi connectivity index (χ1v) is 23.3. The summed E-state index contributed by atoms with van der Waals surface area (Å²) in [6.07, 6.45) is 58.2. The van der Waals surface area contributed by atoms with Crippen molar-refractivity contribution >= 4 is 0 Å². The molecule has 0 aromatic heterocycles. The van der Waals surface area contributed by atoms with Crippen LogP contribution in [0.2, 0.25) is 0 Å². The molecule has 0 amide bonds. The van der Waals surface area contributed by atoms with Crippen LogP contribution in [0.4, 0.5) is 0 Å². The SMILES string of the molecule is C=C(NCCCN1CCCCC1)N(C)C(=C)C(CCCCCCCC/C=C\C/C=C\CCCCC)CCCCCCCC/C=C\C/C=C\CCCCC. The Kier molecular flexibility index (Phi) is 35.4. The van der Waals surface area contributed by atoms with Gasteiger partial charge in [0, 0.05) is 19.3 Å². The van der Waals surface area contributed by atoms with Crippen molar-refractivity contribution in [1.82, 2.24) is 15.1 Å². The summed E-state index contributed by atoms with van der Waals surface area (Å²) in [7, 11) is 2.19. The average Bonchev–Trinajstić information content (AvgIpc) is 3.18. The monoisotopic (exact) mass is 734 g/mol. The summed E-state index contributed by atoms with van der Waals surface area (Å²) < 4.78 is 0. The minimum atomic E-state index is 0.559. The van der Waals surface area contributed by atoms with Crippen LogP contribution >= 0.6 is 0 Å². The van der Waals surface area contributed by atoms with Crippen molar-refractivity contribution in [3.63, 3.8) is 0 Å². The fourth-order valence-corrected chi connectivity index (χ4v) is 7.52. The molecular formula is C50H91N3. The second kappa shape index (κ2) is 38.3. The number of nitrogens with one attached hydrogen (secondary N) is 1. The third kappa shape index (κ3) is 31.0. The molecular weight excluding hydrogens is 643 g/mol. The van der Waals surface area contributed by atoms with Crippen molar-refractivity contribution in [2.75, 3.05) is 33.2 Å². The van der Waals surface area contributed by atoms with Gasteiger partial charge in [0.1, 0.15) is 0 Å². The van der Waals surface area contributed by atoms with Crippen LogP contribution in [0, 0.1) is 5.92 Å². The highest BCUT2D eigenvalue weighted by Crippen LogP contribution is 2.28. The molecule has 1 fully saturated rings. The molecule has 0 atom stereocenters. The first kappa shape index (κ1) is 49.0. The Hall–Kier alpha value is -2.00. The van der Waals surface area contributed by atoms with Crippen molar-refractivity contribution < 1.29 is 0 Å². The topological polar surface area (TPSA) is 18.5 Å². The first-order valence-electron chi connectivity index (χ1n) is 23.3. The van der Waals surface area contributed by atoms with E-state index < -0.39 is 0 Å². The summed E-state index contributed by atoms with van der Waals surface area (Å²) in [5, 5.41) is 3.63. The van der Waals surface area contributed by atoms with E-state index in [0.717, 1.165) is 25.2 Å². The minimum absolute atomic E-state index is 0.559. The molecule has 306 valence electrons.